The van der Waals surface area contributed by atoms with Crippen molar-refractivity contribution in [3.63, 3.8) is 0 Å². The van der Waals surface area contributed by atoms with Crippen LogP contribution in [0, 0.1) is 3.56 Å². The molecule has 0 spiro atoms. The monoisotopic (exact) mass is 398 g/mol. The Labute approximate surface area is 51.8 Å². The minimum absolute atomic E-state index is 0.392. The minimum atomic E-state index is -1.29. The SMILES string of the molecule is [2H]I(I)I=N. The number of nitrogens with one attached hydrogen (secondary N) is 1. The van der Waals surface area contributed by atoms with E-state index in [0.29, 0.717) is 0 Å². The average Bonchev–Trinajstić information content (AvgIpc) is 1.38. The second-order valence-corrected chi connectivity index (χ2v) is 19.5. The fourth-order valence-electron chi connectivity index (χ4n) is 0. The molecule has 0 unspecified atom stereocenters. The molecule has 1 nitrogen and oxygen atoms in total. The van der Waals surface area contributed by atoms with Gasteiger partial charge in [0.25, 0.3) is 0 Å². The van der Waals surface area contributed by atoms with E-state index in [4.69, 9.17) is 4.16 Å². The van der Waals surface area contributed by atoms with Gasteiger partial charge in [-0.15, -0.1) is 0 Å². The molecule has 0 aromatic carbocycles. The van der Waals surface area contributed by atoms with Gasteiger partial charge in [0.15, 0.2) is 0 Å². The van der Waals surface area contributed by atoms with Crippen molar-refractivity contribution >= 4 is 48.7 Å². The molecular weight excluding hydrogens is 395 g/mol. The standard InChI is InChI=1S/H2I3N/c1-2-3-4/h2,4H/i2D. The van der Waals surface area contributed by atoms with Gasteiger partial charge in [0.1, 0.15) is 0 Å². The van der Waals surface area contributed by atoms with E-state index in [1.807, 2.05) is 0 Å². The van der Waals surface area contributed by atoms with Crippen molar-refractivity contribution in [3.8, 4) is 0 Å². The van der Waals surface area contributed by atoms with Crippen LogP contribution < -0.4 is 0 Å². The van der Waals surface area contributed by atoms with Gasteiger partial charge in [-0.2, -0.15) is 0 Å². The fraction of sp³-hybridized carbons (Fsp3) is 0. The van der Waals surface area contributed by atoms with Crippen LogP contribution in [-0.4, -0.2) is 0.594 Å². The molecule has 0 radical (unpaired) electrons. The molecule has 4 heteroatoms. The number of hydrogen-bond acceptors (Lipinski definition) is 1. The van der Waals surface area contributed by atoms with Crippen molar-refractivity contribution in [2.45, 2.75) is 0 Å². The Bertz CT molecular complexity index is 33.9. The van der Waals surface area contributed by atoms with Gasteiger partial charge in [-0.05, 0) is 0 Å². The van der Waals surface area contributed by atoms with E-state index in [1.165, 1.54) is 0 Å². The van der Waals surface area contributed by atoms with E-state index >= 15 is 0 Å². The first kappa shape index (κ1) is 4.16. The molecule has 0 aliphatic carbocycles. The summed E-state index contributed by atoms with van der Waals surface area (Å²) in [5.74, 6) is 0. The molecule has 4 heavy (non-hydrogen) atoms. The summed E-state index contributed by atoms with van der Waals surface area (Å²) < 4.78 is 13.5. The second-order valence-electron chi connectivity index (χ2n) is 0.125. The third-order valence-electron chi connectivity index (χ3n) is 0.0270. The molecule has 0 aliphatic heterocycles. The van der Waals surface area contributed by atoms with Gasteiger partial charge < -0.3 is 0 Å². The van der Waals surface area contributed by atoms with E-state index in [9.17, 15) is 0 Å². The maximum absolute atomic E-state index is 6.83. The molecule has 0 aliphatic rings. The van der Waals surface area contributed by atoms with Crippen LogP contribution in [0.5, 0.6) is 0 Å². The van der Waals surface area contributed by atoms with Gasteiger partial charge in [0, 0.05) is 0 Å². The van der Waals surface area contributed by atoms with Crippen LogP contribution in [0.4, 0.5) is 0 Å². The van der Waals surface area contributed by atoms with Crippen molar-refractivity contribution in [1.29, 1.82) is 4.16 Å². The van der Waals surface area contributed by atoms with Gasteiger partial charge in [-0.3, -0.25) is 0 Å². The Kier molecular flexibility index (Phi) is 5.19. The molecule has 0 atom stereocenters. The summed E-state index contributed by atoms with van der Waals surface area (Å²) in [6.45, 7) is 0. The number of halogens is 3. The Morgan fingerprint density at radius 3 is 2.75 bits per heavy atom. The molecular formula is H2I3N. The summed E-state index contributed by atoms with van der Waals surface area (Å²) in [4.78, 5) is 0. The van der Waals surface area contributed by atoms with Crippen molar-refractivity contribution in [2.75, 3.05) is 0 Å². The summed E-state index contributed by atoms with van der Waals surface area (Å²) in [7, 11) is 0. The molecule has 0 saturated carbocycles. The molecule has 0 bridgehead atoms. The van der Waals surface area contributed by atoms with E-state index in [1.54, 1.807) is 0 Å². The van der Waals surface area contributed by atoms with E-state index in [2.05, 4.69) is 18.6 Å². The summed E-state index contributed by atoms with van der Waals surface area (Å²) in [5, 5.41) is 0. The Balaban J connectivity index is 2.83. The number of rotatable bonds is 1. The Morgan fingerprint density at radius 2 is 2.75 bits per heavy atom. The molecule has 0 aromatic heterocycles. The van der Waals surface area contributed by atoms with Crippen LogP contribution in [0.25, 0.3) is 0 Å². The zero-order chi connectivity index (χ0) is 4.28. The maximum atomic E-state index is 6.83. The summed E-state index contributed by atoms with van der Waals surface area (Å²) in [6, 6.07) is 0. The van der Waals surface area contributed by atoms with Gasteiger partial charge >= 0.3 is 52.9 Å². The first-order chi connectivity index (χ1) is 2.27. The first-order valence-electron chi connectivity index (χ1n) is 0.853. The van der Waals surface area contributed by atoms with Crippen molar-refractivity contribution in [1.82, 2.24) is 0 Å². The first-order valence-corrected chi connectivity index (χ1v) is 14.1. The molecule has 1 N–H and O–H groups in total. The molecule has 28 valence electrons. The predicted molar refractivity (Wildman–Crippen MR) is 46.2 cm³/mol. The van der Waals surface area contributed by atoms with E-state index < -0.39 is 30.1 Å². The van der Waals surface area contributed by atoms with Crippen LogP contribution in [0.15, 0.2) is 0 Å². The van der Waals surface area contributed by atoms with Crippen molar-refractivity contribution in [3.05, 3.63) is 0 Å². The third kappa shape index (κ3) is 3.99. The van der Waals surface area contributed by atoms with Crippen LogP contribution in [0.2, 0.25) is 0 Å². The quantitative estimate of drug-likeness (QED) is 0.658. The predicted octanol–water partition coefficient (Wildman–Crippen LogP) is 2.69. The molecule has 0 heterocycles. The van der Waals surface area contributed by atoms with Gasteiger partial charge in [0.05, 0.1) is 0 Å². The number of hydrogen-bond donors (Lipinski definition) is 1. The van der Waals surface area contributed by atoms with Crippen LogP contribution >= 0.6 is 48.7 Å². The van der Waals surface area contributed by atoms with Crippen molar-refractivity contribution < 1.29 is 0 Å². The average molecular weight is 398 g/mol. The molecule has 0 fully saturated rings. The zero-order valence-corrected chi connectivity index (χ0v) is 8.11. The second kappa shape index (κ2) is 4.99. The Hall–Kier alpha value is 1.99. The topological polar surface area (TPSA) is 23.9 Å². The summed E-state index contributed by atoms with van der Waals surface area (Å²) in [6.07, 6.45) is 0. The zero-order valence-electron chi connectivity index (χ0n) is 2.63. The van der Waals surface area contributed by atoms with Crippen LogP contribution in [-0.2, 0) is 0 Å². The molecule has 0 amide bonds. The van der Waals surface area contributed by atoms with Gasteiger partial charge in [-0.1, -0.05) is 0 Å². The summed E-state index contributed by atoms with van der Waals surface area (Å²) >= 11 is 0.414. The normalized spacial score (nSPS) is 14.2. The molecule has 0 saturated heterocycles. The molecule has 0 aromatic rings. The molecule has 0 rings (SSSR count). The Morgan fingerprint density at radius 1 is 2.50 bits per heavy atom. The van der Waals surface area contributed by atoms with E-state index in [-0.39, 0.29) is 0 Å². The fourth-order valence-corrected chi connectivity index (χ4v) is 0. The third-order valence-corrected chi connectivity index (χ3v) is 8.15. The summed E-state index contributed by atoms with van der Waals surface area (Å²) in [5.41, 5.74) is 0. The van der Waals surface area contributed by atoms with Gasteiger partial charge in [0.2, 0.25) is 0 Å². The van der Waals surface area contributed by atoms with E-state index in [0.717, 1.165) is 0 Å². The van der Waals surface area contributed by atoms with Crippen LogP contribution in [0.3, 0.4) is 0 Å². The van der Waals surface area contributed by atoms with Gasteiger partial charge in [-0.25, -0.2) is 0 Å². The van der Waals surface area contributed by atoms with Crippen LogP contribution in [0.1, 0.15) is 0 Å². The van der Waals surface area contributed by atoms with Crippen molar-refractivity contribution in [2.24, 2.45) is 0 Å².